The van der Waals surface area contributed by atoms with Gasteiger partial charge in [-0.2, -0.15) is 0 Å². The van der Waals surface area contributed by atoms with E-state index in [1.165, 1.54) is 5.56 Å². The fraction of sp³-hybridized carbons (Fsp3) is 0.324. The van der Waals surface area contributed by atoms with E-state index in [1.54, 1.807) is 11.8 Å². The Balaban J connectivity index is 1.22. The van der Waals surface area contributed by atoms with Crippen LogP contribution in [0.4, 0.5) is 0 Å². The lowest BCUT2D eigenvalue weighted by atomic mass is 9.83. The molecule has 0 saturated carbocycles. The smallest absolute Gasteiger partial charge is 0.336 e. The van der Waals surface area contributed by atoms with Gasteiger partial charge in [-0.3, -0.25) is 14.5 Å². The molecule has 3 aromatic carbocycles. The van der Waals surface area contributed by atoms with Gasteiger partial charge in [0, 0.05) is 56.3 Å². The largest absolute Gasteiger partial charge is 0.463 e. The third-order valence-electron chi connectivity index (χ3n) is 8.47. The molecule has 0 bridgehead atoms. The lowest BCUT2D eigenvalue weighted by Gasteiger charge is -2.35. The van der Waals surface area contributed by atoms with Gasteiger partial charge < -0.3 is 14.5 Å². The predicted octanol–water partition coefficient (Wildman–Crippen LogP) is 5.82. The molecule has 1 fully saturated rings. The summed E-state index contributed by atoms with van der Waals surface area (Å²) in [6, 6.07) is 25.7. The molecule has 7 heteroatoms. The van der Waals surface area contributed by atoms with Gasteiger partial charge in [-0.1, -0.05) is 84.4 Å². The highest BCUT2D eigenvalue weighted by Gasteiger charge is 2.37. The van der Waals surface area contributed by atoms with Crippen molar-refractivity contribution in [1.82, 2.24) is 14.7 Å². The first-order chi connectivity index (χ1) is 21.3. The molecule has 0 radical (unpaired) electrons. The Hall–Kier alpha value is -4.49. The quantitative estimate of drug-likeness (QED) is 0.294. The van der Waals surface area contributed by atoms with E-state index in [0.717, 1.165) is 36.3 Å². The van der Waals surface area contributed by atoms with E-state index in [4.69, 9.17) is 4.74 Å². The summed E-state index contributed by atoms with van der Waals surface area (Å²) in [4.78, 5) is 45.7. The van der Waals surface area contributed by atoms with Crippen LogP contribution in [0.25, 0.3) is 6.08 Å². The minimum atomic E-state index is -0.388. The maximum atomic E-state index is 13.4. The number of carbonyl (C=O) groups excluding carboxylic acids is 3. The number of hydrogen-bond donors (Lipinski definition) is 0. The molecule has 0 aliphatic carbocycles. The minimum Gasteiger partial charge on any atom is -0.463 e. The second-order valence-electron chi connectivity index (χ2n) is 11.5. The standard InChI is InChI=1S/C37H41N3O4/c1-4-44-37(43)35-28(3)40(34(41)25-33(35)31-16-12-27(2)13-17-31)26-30-14-18-32(19-15-30)36(42)39-23-21-38(22-24-39)20-8-11-29-9-6-5-7-10-29/h5-19,33H,4,20-26H2,1-3H3. The Labute approximate surface area is 260 Å². The molecule has 5 rings (SSSR count). The van der Waals surface area contributed by atoms with Crippen molar-refractivity contribution in [2.45, 2.75) is 39.7 Å². The molecule has 44 heavy (non-hydrogen) atoms. The van der Waals surface area contributed by atoms with E-state index in [1.807, 2.05) is 85.5 Å². The van der Waals surface area contributed by atoms with Crippen LogP contribution in [0.5, 0.6) is 0 Å². The van der Waals surface area contributed by atoms with Crippen molar-refractivity contribution >= 4 is 23.9 Å². The Bertz CT molecular complexity index is 1520. The van der Waals surface area contributed by atoms with E-state index in [-0.39, 0.29) is 36.7 Å². The number of rotatable bonds is 9. The number of ether oxygens (including phenoxy) is 1. The normalized spacial score (nSPS) is 17.8. The zero-order valence-corrected chi connectivity index (χ0v) is 25.9. The molecule has 1 atom stereocenters. The first kappa shape index (κ1) is 31.0. The fourth-order valence-electron chi connectivity index (χ4n) is 5.91. The molecule has 3 aromatic rings. The first-order valence-electron chi connectivity index (χ1n) is 15.4. The number of benzene rings is 3. The summed E-state index contributed by atoms with van der Waals surface area (Å²) in [5, 5.41) is 0. The Morgan fingerprint density at radius 3 is 2.23 bits per heavy atom. The number of nitrogens with zero attached hydrogens (tertiary/aromatic N) is 3. The summed E-state index contributed by atoms with van der Waals surface area (Å²) in [5.74, 6) is -0.760. The highest BCUT2D eigenvalue weighted by molar-refractivity contribution is 5.96. The van der Waals surface area contributed by atoms with Gasteiger partial charge in [-0.25, -0.2) is 4.79 Å². The van der Waals surface area contributed by atoms with E-state index in [2.05, 4.69) is 29.2 Å². The first-order valence-corrected chi connectivity index (χ1v) is 15.4. The average molecular weight is 592 g/mol. The molecular weight excluding hydrogens is 550 g/mol. The molecule has 2 heterocycles. The summed E-state index contributed by atoms with van der Waals surface area (Å²) >= 11 is 0. The minimum absolute atomic E-state index is 0.0201. The molecule has 2 aliphatic heterocycles. The van der Waals surface area contributed by atoms with Crippen molar-refractivity contribution < 1.29 is 19.1 Å². The zero-order chi connectivity index (χ0) is 31.1. The molecule has 2 aliphatic rings. The van der Waals surface area contributed by atoms with Crippen LogP contribution in [0.1, 0.15) is 58.8 Å². The van der Waals surface area contributed by atoms with Crippen molar-refractivity contribution in [3.05, 3.63) is 124 Å². The van der Waals surface area contributed by atoms with E-state index in [9.17, 15) is 14.4 Å². The van der Waals surface area contributed by atoms with Crippen molar-refractivity contribution in [3.8, 4) is 0 Å². The van der Waals surface area contributed by atoms with Gasteiger partial charge in [0.05, 0.1) is 18.7 Å². The van der Waals surface area contributed by atoms with Crippen LogP contribution in [-0.2, 0) is 20.9 Å². The number of carbonyl (C=O) groups is 3. The van der Waals surface area contributed by atoms with Gasteiger partial charge in [-0.15, -0.1) is 0 Å². The van der Waals surface area contributed by atoms with Crippen molar-refractivity contribution in [3.63, 3.8) is 0 Å². The fourth-order valence-corrected chi connectivity index (χ4v) is 5.91. The number of hydrogen-bond acceptors (Lipinski definition) is 5. The van der Waals surface area contributed by atoms with Crippen LogP contribution in [-0.4, -0.2) is 71.8 Å². The highest BCUT2D eigenvalue weighted by Crippen LogP contribution is 2.37. The summed E-state index contributed by atoms with van der Waals surface area (Å²) in [5.41, 5.74) is 5.90. The zero-order valence-electron chi connectivity index (χ0n) is 25.9. The van der Waals surface area contributed by atoms with Crippen LogP contribution < -0.4 is 0 Å². The van der Waals surface area contributed by atoms with Crippen LogP contribution >= 0.6 is 0 Å². The number of piperazine rings is 1. The molecule has 1 unspecified atom stereocenters. The number of esters is 1. The monoisotopic (exact) mass is 591 g/mol. The van der Waals surface area contributed by atoms with Gasteiger partial charge in [0.25, 0.3) is 5.91 Å². The number of aryl methyl sites for hydroxylation is 1. The van der Waals surface area contributed by atoms with E-state index in [0.29, 0.717) is 36.5 Å². The SMILES string of the molecule is CCOC(=O)C1=C(C)N(Cc2ccc(C(=O)N3CCN(CC=Cc4ccccc4)CC3)cc2)C(=O)CC1c1ccc(C)cc1. The summed E-state index contributed by atoms with van der Waals surface area (Å²) in [7, 11) is 0. The lowest BCUT2D eigenvalue weighted by Crippen LogP contribution is -2.48. The summed E-state index contributed by atoms with van der Waals surface area (Å²) in [6.45, 7) is 10.1. The lowest BCUT2D eigenvalue weighted by molar-refractivity contribution is -0.140. The summed E-state index contributed by atoms with van der Waals surface area (Å²) < 4.78 is 5.42. The van der Waals surface area contributed by atoms with Crippen LogP contribution in [0.15, 0.2) is 96.2 Å². The van der Waals surface area contributed by atoms with Crippen LogP contribution in [0, 0.1) is 6.92 Å². The van der Waals surface area contributed by atoms with Gasteiger partial charge >= 0.3 is 5.97 Å². The molecular formula is C37H41N3O4. The van der Waals surface area contributed by atoms with Crippen molar-refractivity contribution in [2.75, 3.05) is 39.3 Å². The molecule has 0 N–H and O–H groups in total. The Morgan fingerprint density at radius 2 is 1.57 bits per heavy atom. The van der Waals surface area contributed by atoms with Gasteiger partial charge in [-0.05, 0) is 49.6 Å². The topological polar surface area (TPSA) is 70.2 Å². The third-order valence-corrected chi connectivity index (χ3v) is 8.47. The number of amides is 2. The second-order valence-corrected chi connectivity index (χ2v) is 11.5. The third kappa shape index (κ3) is 7.34. The van der Waals surface area contributed by atoms with Crippen LogP contribution in [0.3, 0.4) is 0 Å². The molecule has 2 amide bonds. The predicted molar refractivity (Wildman–Crippen MR) is 173 cm³/mol. The summed E-state index contributed by atoms with van der Waals surface area (Å²) in [6.07, 6.45) is 4.50. The molecule has 1 saturated heterocycles. The Morgan fingerprint density at radius 1 is 0.886 bits per heavy atom. The second kappa shape index (κ2) is 14.3. The maximum Gasteiger partial charge on any atom is 0.336 e. The van der Waals surface area contributed by atoms with Gasteiger partial charge in [0.2, 0.25) is 5.91 Å². The number of allylic oxidation sites excluding steroid dienone is 1. The van der Waals surface area contributed by atoms with Gasteiger partial charge in [0.1, 0.15) is 0 Å². The van der Waals surface area contributed by atoms with E-state index < -0.39 is 0 Å². The maximum absolute atomic E-state index is 13.4. The molecule has 0 aromatic heterocycles. The molecule has 0 spiro atoms. The average Bonchev–Trinajstić information content (AvgIpc) is 3.04. The van der Waals surface area contributed by atoms with Gasteiger partial charge in [0.15, 0.2) is 0 Å². The highest BCUT2D eigenvalue weighted by atomic mass is 16.5. The Kier molecular flexibility index (Phi) is 10.1. The molecule has 228 valence electrons. The van der Waals surface area contributed by atoms with Crippen molar-refractivity contribution in [2.24, 2.45) is 0 Å². The van der Waals surface area contributed by atoms with E-state index >= 15 is 0 Å². The molecule has 7 nitrogen and oxygen atoms in total. The van der Waals surface area contributed by atoms with Crippen molar-refractivity contribution in [1.29, 1.82) is 0 Å². The van der Waals surface area contributed by atoms with Crippen LogP contribution in [0.2, 0.25) is 0 Å².